The van der Waals surface area contributed by atoms with Crippen molar-refractivity contribution in [1.29, 1.82) is 0 Å². The Hall–Kier alpha value is -0.730. The molecule has 1 fully saturated rings. The molecule has 2 nitrogen and oxygen atoms in total. The molecule has 0 amide bonds. The van der Waals surface area contributed by atoms with E-state index in [2.05, 4.69) is 5.32 Å². The molecule has 0 heterocycles. The van der Waals surface area contributed by atoms with Gasteiger partial charge in [-0.25, -0.2) is 0 Å². The summed E-state index contributed by atoms with van der Waals surface area (Å²) >= 11 is 5.96. The lowest BCUT2D eigenvalue weighted by Gasteiger charge is -2.11. The normalized spacial score (nSPS) is 15.1. The molecule has 3 heteroatoms. The average Bonchev–Trinajstić information content (AvgIpc) is 3.06. The molecule has 0 radical (unpaired) electrons. The van der Waals surface area contributed by atoms with Gasteiger partial charge in [-0.2, -0.15) is 0 Å². The minimum atomic E-state index is 0.764. The van der Waals surface area contributed by atoms with Gasteiger partial charge in [0.2, 0.25) is 0 Å². The van der Waals surface area contributed by atoms with Crippen LogP contribution in [0.25, 0.3) is 0 Å². The fourth-order valence-corrected chi connectivity index (χ4v) is 1.95. The predicted molar refractivity (Wildman–Crippen MR) is 67.1 cm³/mol. The maximum Gasteiger partial charge on any atom is 0.123 e. The summed E-state index contributed by atoms with van der Waals surface area (Å²) in [6.07, 6.45) is 3.95. The minimum absolute atomic E-state index is 0.764. The largest absolute Gasteiger partial charge is 0.493 e. The van der Waals surface area contributed by atoms with Gasteiger partial charge in [-0.05, 0) is 37.6 Å². The van der Waals surface area contributed by atoms with Gasteiger partial charge >= 0.3 is 0 Å². The Morgan fingerprint density at radius 3 is 2.94 bits per heavy atom. The van der Waals surface area contributed by atoms with Crippen molar-refractivity contribution in [2.75, 3.05) is 13.7 Å². The smallest absolute Gasteiger partial charge is 0.123 e. The van der Waals surface area contributed by atoms with Crippen LogP contribution in [0.5, 0.6) is 5.75 Å². The van der Waals surface area contributed by atoms with Gasteiger partial charge in [0.1, 0.15) is 5.75 Å². The van der Waals surface area contributed by atoms with E-state index in [0.29, 0.717) is 0 Å². The van der Waals surface area contributed by atoms with Gasteiger partial charge < -0.3 is 10.1 Å². The lowest BCUT2D eigenvalue weighted by atomic mass is 10.2. The molecule has 16 heavy (non-hydrogen) atoms. The first-order valence-corrected chi connectivity index (χ1v) is 6.23. The first-order valence-electron chi connectivity index (χ1n) is 5.85. The molecule has 0 bridgehead atoms. The molecule has 0 atom stereocenters. The molecule has 1 N–H and O–H groups in total. The molecular formula is C13H18ClNO. The van der Waals surface area contributed by atoms with Crippen LogP contribution in [0.2, 0.25) is 5.02 Å². The van der Waals surface area contributed by atoms with E-state index in [0.717, 1.165) is 35.4 Å². The molecular weight excluding hydrogens is 222 g/mol. The Balaban J connectivity index is 1.93. The maximum atomic E-state index is 5.96. The van der Waals surface area contributed by atoms with Crippen molar-refractivity contribution in [1.82, 2.24) is 5.32 Å². The van der Waals surface area contributed by atoms with Crippen LogP contribution < -0.4 is 10.1 Å². The molecule has 0 aromatic heterocycles. The summed E-state index contributed by atoms with van der Waals surface area (Å²) in [4.78, 5) is 0. The van der Waals surface area contributed by atoms with E-state index in [1.165, 1.54) is 19.3 Å². The lowest BCUT2D eigenvalue weighted by Crippen LogP contribution is -2.08. The second kappa shape index (κ2) is 5.55. The van der Waals surface area contributed by atoms with Crippen LogP contribution in [0, 0.1) is 5.92 Å². The Bertz CT molecular complexity index is 350. The minimum Gasteiger partial charge on any atom is -0.493 e. The Morgan fingerprint density at radius 2 is 2.25 bits per heavy atom. The Labute approximate surface area is 102 Å². The van der Waals surface area contributed by atoms with Gasteiger partial charge in [-0.1, -0.05) is 24.4 Å². The second-order valence-corrected chi connectivity index (χ2v) is 4.80. The first-order chi connectivity index (χ1) is 7.79. The quantitative estimate of drug-likeness (QED) is 0.823. The van der Waals surface area contributed by atoms with Crippen molar-refractivity contribution in [3.63, 3.8) is 0 Å². The zero-order valence-corrected chi connectivity index (χ0v) is 10.4. The molecule has 0 unspecified atom stereocenters. The SMILES string of the molecule is CNCc1cc(Cl)ccc1OCCC1CC1. The van der Waals surface area contributed by atoms with Gasteiger partial charge in [-0.3, -0.25) is 0 Å². The van der Waals surface area contributed by atoms with Crippen LogP contribution in [-0.4, -0.2) is 13.7 Å². The van der Waals surface area contributed by atoms with E-state index in [1.54, 1.807) is 0 Å². The highest BCUT2D eigenvalue weighted by Crippen LogP contribution is 2.32. The van der Waals surface area contributed by atoms with E-state index in [4.69, 9.17) is 16.3 Å². The monoisotopic (exact) mass is 239 g/mol. The molecule has 88 valence electrons. The van der Waals surface area contributed by atoms with E-state index in [-0.39, 0.29) is 0 Å². The summed E-state index contributed by atoms with van der Waals surface area (Å²) in [6.45, 7) is 1.61. The highest BCUT2D eigenvalue weighted by molar-refractivity contribution is 6.30. The summed E-state index contributed by atoms with van der Waals surface area (Å²) in [5.74, 6) is 1.87. The van der Waals surface area contributed by atoms with Crippen molar-refractivity contribution in [3.8, 4) is 5.75 Å². The van der Waals surface area contributed by atoms with Gasteiger partial charge in [-0.15, -0.1) is 0 Å². The Kier molecular flexibility index (Phi) is 4.08. The molecule has 1 aliphatic rings. The molecule has 0 saturated heterocycles. The third-order valence-corrected chi connectivity index (χ3v) is 3.11. The fraction of sp³-hybridized carbons (Fsp3) is 0.538. The molecule has 1 aromatic carbocycles. The van der Waals surface area contributed by atoms with Crippen LogP contribution in [0.3, 0.4) is 0 Å². The molecule has 1 saturated carbocycles. The topological polar surface area (TPSA) is 21.3 Å². The number of rotatable bonds is 6. The third kappa shape index (κ3) is 3.39. The number of hydrogen-bond acceptors (Lipinski definition) is 2. The van der Waals surface area contributed by atoms with E-state index in [9.17, 15) is 0 Å². The lowest BCUT2D eigenvalue weighted by molar-refractivity contribution is 0.299. The molecule has 1 aromatic rings. The summed E-state index contributed by atoms with van der Waals surface area (Å²) < 4.78 is 5.80. The maximum absolute atomic E-state index is 5.96. The second-order valence-electron chi connectivity index (χ2n) is 4.36. The number of halogens is 1. The van der Waals surface area contributed by atoms with Gasteiger partial charge in [0, 0.05) is 17.1 Å². The van der Waals surface area contributed by atoms with E-state index >= 15 is 0 Å². The number of nitrogens with one attached hydrogen (secondary N) is 1. The summed E-state index contributed by atoms with van der Waals surface area (Å²) in [7, 11) is 1.93. The number of hydrogen-bond donors (Lipinski definition) is 1. The molecule has 0 aliphatic heterocycles. The van der Waals surface area contributed by atoms with E-state index < -0.39 is 0 Å². The predicted octanol–water partition coefficient (Wildman–Crippen LogP) is 3.24. The molecule has 1 aliphatic carbocycles. The van der Waals surface area contributed by atoms with Crippen LogP contribution in [0.15, 0.2) is 18.2 Å². The zero-order valence-electron chi connectivity index (χ0n) is 9.63. The highest BCUT2D eigenvalue weighted by atomic mass is 35.5. The standard InChI is InChI=1S/C13H18ClNO/c1-15-9-11-8-12(14)4-5-13(11)16-7-6-10-2-3-10/h4-5,8,10,15H,2-3,6-7,9H2,1H3. The molecule has 2 rings (SSSR count). The van der Waals surface area contributed by atoms with Gasteiger partial charge in [0.15, 0.2) is 0 Å². The van der Waals surface area contributed by atoms with Crippen molar-refractivity contribution in [2.45, 2.75) is 25.8 Å². The average molecular weight is 240 g/mol. The van der Waals surface area contributed by atoms with Gasteiger partial charge in [0.25, 0.3) is 0 Å². The number of benzene rings is 1. The Morgan fingerprint density at radius 1 is 1.44 bits per heavy atom. The van der Waals surface area contributed by atoms with Gasteiger partial charge in [0.05, 0.1) is 6.61 Å². The fourth-order valence-electron chi connectivity index (χ4n) is 1.76. The third-order valence-electron chi connectivity index (χ3n) is 2.87. The van der Waals surface area contributed by atoms with Crippen LogP contribution in [-0.2, 0) is 6.54 Å². The first kappa shape index (κ1) is 11.7. The zero-order chi connectivity index (χ0) is 11.4. The summed E-state index contributed by atoms with van der Waals surface area (Å²) in [6, 6.07) is 5.81. The van der Waals surface area contributed by atoms with Crippen LogP contribution in [0.1, 0.15) is 24.8 Å². The van der Waals surface area contributed by atoms with Crippen molar-refractivity contribution >= 4 is 11.6 Å². The summed E-state index contributed by atoms with van der Waals surface area (Å²) in [5, 5.41) is 3.89. The van der Waals surface area contributed by atoms with Crippen LogP contribution >= 0.6 is 11.6 Å². The van der Waals surface area contributed by atoms with E-state index in [1.807, 2.05) is 25.2 Å². The molecule has 0 spiro atoms. The van der Waals surface area contributed by atoms with Crippen molar-refractivity contribution in [2.24, 2.45) is 5.92 Å². The van der Waals surface area contributed by atoms with Crippen molar-refractivity contribution < 1.29 is 4.74 Å². The van der Waals surface area contributed by atoms with Crippen molar-refractivity contribution in [3.05, 3.63) is 28.8 Å². The number of ether oxygens (including phenoxy) is 1. The highest BCUT2D eigenvalue weighted by Gasteiger charge is 2.20. The van der Waals surface area contributed by atoms with Crippen LogP contribution in [0.4, 0.5) is 0 Å². The summed E-state index contributed by atoms with van der Waals surface area (Å²) in [5.41, 5.74) is 1.13.